The molecular weight excluding hydrogens is 578 g/mol. The normalized spacial score (nSPS) is 15.1. The van der Waals surface area contributed by atoms with Crippen molar-refractivity contribution >= 4 is 50.6 Å². The molecule has 5 rings (SSSR count). The Kier molecular flexibility index (Phi) is 9.07. The molecule has 11 heteroatoms. The molecule has 3 aromatic rings. The van der Waals surface area contributed by atoms with Gasteiger partial charge in [0, 0.05) is 54.3 Å². The molecule has 2 aliphatic heterocycles. The highest BCUT2D eigenvalue weighted by Crippen LogP contribution is 2.38. The molecule has 2 amide bonds. The molecule has 232 valence electrons. The molecule has 44 heavy (non-hydrogen) atoms. The smallest absolute Gasteiger partial charge is 0.264 e. The number of Topliss-reactive ketones (excluding diaryl/α,β-unsaturated/α-hetero) is 1. The van der Waals surface area contributed by atoms with Gasteiger partial charge in [0.1, 0.15) is 0 Å². The van der Waals surface area contributed by atoms with Gasteiger partial charge in [0.05, 0.1) is 16.2 Å². The van der Waals surface area contributed by atoms with E-state index < -0.39 is 10.0 Å². The number of hydrogen-bond acceptors (Lipinski definition) is 6. The second-order valence-corrected chi connectivity index (χ2v) is 13.0. The van der Waals surface area contributed by atoms with Crippen molar-refractivity contribution in [2.75, 3.05) is 42.3 Å². The lowest BCUT2D eigenvalue weighted by atomic mass is 9.98. The van der Waals surface area contributed by atoms with Crippen LogP contribution in [0.3, 0.4) is 0 Å². The molecule has 0 fully saturated rings. The molecule has 0 aliphatic carbocycles. The SMILES string of the molecule is CCN(CC)CCNC(=O)CCc1c(/C=C2\C(=O)Nc3ccc(S(=O)(=O)N4CCc5ccccc54)cc32)[nH]c(C)c1C(C)=O. The third kappa shape index (κ3) is 6.07. The number of likely N-dealkylation sites (N-methyl/N-ethyl adjacent to an activating group) is 1. The van der Waals surface area contributed by atoms with Gasteiger partial charge in [-0.3, -0.25) is 18.7 Å². The summed E-state index contributed by atoms with van der Waals surface area (Å²) < 4.78 is 28.9. The number of hydrogen-bond donors (Lipinski definition) is 3. The molecule has 3 N–H and O–H groups in total. The molecule has 3 heterocycles. The summed E-state index contributed by atoms with van der Waals surface area (Å²) in [6, 6.07) is 12.1. The molecule has 0 radical (unpaired) electrons. The van der Waals surface area contributed by atoms with Gasteiger partial charge < -0.3 is 20.5 Å². The van der Waals surface area contributed by atoms with Gasteiger partial charge in [0.2, 0.25) is 5.91 Å². The van der Waals surface area contributed by atoms with E-state index in [9.17, 15) is 22.8 Å². The molecule has 2 aliphatic rings. The Morgan fingerprint density at radius 2 is 1.86 bits per heavy atom. The molecule has 0 atom stereocenters. The second-order valence-electron chi connectivity index (χ2n) is 11.1. The van der Waals surface area contributed by atoms with Crippen LogP contribution < -0.4 is 14.9 Å². The average molecular weight is 618 g/mol. The predicted octanol–water partition coefficient (Wildman–Crippen LogP) is 4.16. The molecule has 10 nitrogen and oxygen atoms in total. The van der Waals surface area contributed by atoms with Crippen molar-refractivity contribution < 1.29 is 22.8 Å². The summed E-state index contributed by atoms with van der Waals surface area (Å²) >= 11 is 0. The largest absolute Gasteiger partial charge is 0.358 e. The van der Waals surface area contributed by atoms with E-state index in [1.54, 1.807) is 25.1 Å². The molecule has 0 unspecified atom stereocenters. The topological polar surface area (TPSA) is 132 Å². The van der Waals surface area contributed by atoms with Crippen LogP contribution in [0.25, 0.3) is 11.6 Å². The molecule has 1 aromatic heterocycles. The quantitative estimate of drug-likeness (QED) is 0.207. The minimum absolute atomic E-state index is 0.0871. The Morgan fingerprint density at radius 1 is 1.11 bits per heavy atom. The van der Waals surface area contributed by atoms with Gasteiger partial charge in [-0.1, -0.05) is 32.0 Å². The number of H-pyrrole nitrogens is 1. The average Bonchev–Trinajstić information content (AvgIpc) is 3.67. The van der Waals surface area contributed by atoms with Gasteiger partial charge in [0.25, 0.3) is 15.9 Å². The number of sulfonamides is 1. The highest BCUT2D eigenvalue weighted by atomic mass is 32.2. The lowest BCUT2D eigenvalue weighted by Crippen LogP contribution is -2.34. The zero-order valence-corrected chi connectivity index (χ0v) is 26.4. The van der Waals surface area contributed by atoms with E-state index in [-0.39, 0.29) is 34.5 Å². The minimum atomic E-state index is -3.88. The predicted molar refractivity (Wildman–Crippen MR) is 172 cm³/mol. The molecular formula is C33H39N5O5S. The van der Waals surface area contributed by atoms with Crippen molar-refractivity contribution in [2.24, 2.45) is 0 Å². The monoisotopic (exact) mass is 617 g/mol. The summed E-state index contributed by atoms with van der Waals surface area (Å²) in [6.45, 7) is 10.9. The van der Waals surface area contributed by atoms with Gasteiger partial charge in [-0.2, -0.15) is 0 Å². The van der Waals surface area contributed by atoms with E-state index in [2.05, 4.69) is 34.4 Å². The molecule has 0 spiro atoms. The van der Waals surface area contributed by atoms with Crippen molar-refractivity contribution in [3.8, 4) is 0 Å². The van der Waals surface area contributed by atoms with Crippen LogP contribution in [0, 0.1) is 6.92 Å². The van der Waals surface area contributed by atoms with Gasteiger partial charge in [-0.25, -0.2) is 8.42 Å². The first kappa shape index (κ1) is 31.2. The van der Waals surface area contributed by atoms with Crippen LogP contribution in [-0.2, 0) is 32.5 Å². The number of para-hydroxylation sites is 1. The van der Waals surface area contributed by atoms with E-state index in [0.717, 1.165) is 25.2 Å². The maximum Gasteiger partial charge on any atom is 0.264 e. The standard InChI is InChI=1S/C33H39N5O5S/c1-5-37(6-2)18-16-34-31(40)14-12-25-29(35-21(3)32(25)22(4)39)20-27-26-19-24(11-13-28(26)36-33(27)41)44(42,43)38-17-15-23-9-7-8-10-30(23)38/h7-11,13,19-20,35H,5-6,12,14-18H2,1-4H3,(H,34,40)(H,36,41)/b27-20-. The molecule has 0 saturated heterocycles. The zero-order chi connectivity index (χ0) is 31.6. The van der Waals surface area contributed by atoms with E-state index >= 15 is 0 Å². The highest BCUT2D eigenvalue weighted by molar-refractivity contribution is 7.92. The minimum Gasteiger partial charge on any atom is -0.358 e. The third-order valence-corrected chi connectivity index (χ3v) is 10.2. The Labute approximate surface area is 258 Å². The number of nitrogens with zero attached hydrogens (tertiary/aromatic N) is 2. The number of anilines is 2. The van der Waals surface area contributed by atoms with E-state index in [0.29, 0.717) is 65.4 Å². The maximum atomic E-state index is 13.7. The van der Waals surface area contributed by atoms with Crippen LogP contribution >= 0.6 is 0 Å². The lowest BCUT2D eigenvalue weighted by molar-refractivity contribution is -0.121. The van der Waals surface area contributed by atoms with E-state index in [1.807, 2.05) is 18.2 Å². The van der Waals surface area contributed by atoms with Crippen molar-refractivity contribution in [2.45, 2.75) is 51.9 Å². The Bertz CT molecular complexity index is 1750. The second kappa shape index (κ2) is 12.8. The summed E-state index contributed by atoms with van der Waals surface area (Å²) in [5.41, 5.74) is 5.22. The molecule has 0 saturated carbocycles. The van der Waals surface area contributed by atoms with Crippen LogP contribution in [0.2, 0.25) is 0 Å². The number of nitrogens with one attached hydrogen (secondary N) is 3. The number of aromatic amines is 1. The van der Waals surface area contributed by atoms with Crippen molar-refractivity contribution in [1.82, 2.24) is 15.2 Å². The number of rotatable bonds is 12. The summed E-state index contributed by atoms with van der Waals surface area (Å²) in [7, 11) is -3.88. The Balaban J connectivity index is 1.43. The first-order valence-corrected chi connectivity index (χ1v) is 16.5. The van der Waals surface area contributed by atoms with Gasteiger partial charge in [-0.15, -0.1) is 0 Å². The van der Waals surface area contributed by atoms with Crippen LogP contribution in [0.4, 0.5) is 11.4 Å². The van der Waals surface area contributed by atoms with E-state index in [1.165, 1.54) is 23.4 Å². The van der Waals surface area contributed by atoms with Crippen molar-refractivity contribution in [3.05, 3.63) is 76.1 Å². The van der Waals surface area contributed by atoms with Gasteiger partial charge in [-0.05, 0) is 81.2 Å². The first-order chi connectivity index (χ1) is 21.0. The van der Waals surface area contributed by atoms with E-state index in [4.69, 9.17) is 0 Å². The number of benzene rings is 2. The Hall–Kier alpha value is -4.22. The summed E-state index contributed by atoms with van der Waals surface area (Å²) in [4.78, 5) is 44.0. The van der Waals surface area contributed by atoms with Crippen LogP contribution in [0.5, 0.6) is 0 Å². The number of carbonyl (C=O) groups excluding carboxylic acids is 3. The number of fused-ring (bicyclic) bond motifs is 2. The first-order valence-electron chi connectivity index (χ1n) is 15.0. The fourth-order valence-corrected chi connectivity index (χ4v) is 7.61. The zero-order valence-electron chi connectivity index (χ0n) is 25.6. The van der Waals surface area contributed by atoms with Gasteiger partial charge >= 0.3 is 0 Å². The van der Waals surface area contributed by atoms with Gasteiger partial charge in [0.15, 0.2) is 5.78 Å². The maximum absolute atomic E-state index is 13.7. The highest BCUT2D eigenvalue weighted by Gasteiger charge is 2.33. The Morgan fingerprint density at radius 3 is 2.59 bits per heavy atom. The molecule has 0 bridgehead atoms. The number of aryl methyl sites for hydroxylation is 1. The number of carbonyl (C=O) groups is 3. The summed E-state index contributed by atoms with van der Waals surface area (Å²) in [5, 5.41) is 5.78. The fraction of sp³-hybridized carbons (Fsp3) is 0.364. The fourth-order valence-electron chi connectivity index (χ4n) is 6.08. The van der Waals surface area contributed by atoms with Crippen LogP contribution in [0.15, 0.2) is 47.4 Å². The summed E-state index contributed by atoms with van der Waals surface area (Å²) in [5.74, 6) is -0.639. The third-order valence-electron chi connectivity index (χ3n) is 8.42. The number of ketones is 1. The number of aromatic nitrogens is 1. The van der Waals surface area contributed by atoms with Crippen LogP contribution in [0.1, 0.15) is 65.6 Å². The summed E-state index contributed by atoms with van der Waals surface area (Å²) in [6.07, 6.45) is 2.75. The molecule has 2 aromatic carbocycles. The van der Waals surface area contributed by atoms with Crippen LogP contribution in [-0.4, -0.2) is 68.6 Å². The van der Waals surface area contributed by atoms with Crippen molar-refractivity contribution in [3.63, 3.8) is 0 Å². The van der Waals surface area contributed by atoms with Crippen molar-refractivity contribution in [1.29, 1.82) is 0 Å². The number of amides is 2. The lowest BCUT2D eigenvalue weighted by Gasteiger charge is -2.20.